The van der Waals surface area contributed by atoms with Crippen LogP contribution in [0.15, 0.2) is 12.1 Å². The molecule has 1 aromatic rings. The zero-order chi connectivity index (χ0) is 8.27. The maximum atomic E-state index is 8.42. The van der Waals surface area contributed by atoms with E-state index in [1.807, 2.05) is 12.1 Å². The van der Waals surface area contributed by atoms with Crippen LogP contribution < -0.4 is 5.44 Å². The summed E-state index contributed by atoms with van der Waals surface area (Å²) in [5.74, 6) is 0. The van der Waals surface area contributed by atoms with Crippen molar-refractivity contribution in [3.8, 4) is 6.07 Å². The third-order valence-corrected chi connectivity index (χ3v) is 2.01. The topological polar surface area (TPSA) is 36.7 Å². The van der Waals surface area contributed by atoms with E-state index in [0.717, 1.165) is 14.7 Å². The molecule has 0 saturated carbocycles. The van der Waals surface area contributed by atoms with Crippen molar-refractivity contribution >= 4 is 37.3 Å². The molecular weight excluding hydrogens is 270 g/mol. The fourth-order valence-electron chi connectivity index (χ4n) is 0.766. The fourth-order valence-corrected chi connectivity index (χ4v) is 2.06. The summed E-state index contributed by atoms with van der Waals surface area (Å²) in [6, 6.07) is 5.91. The Morgan fingerprint density at radius 3 is 2.91 bits per heavy atom. The first-order valence-electron chi connectivity index (χ1n) is 3.01. The van der Waals surface area contributed by atoms with Crippen molar-refractivity contribution in [2.24, 2.45) is 0 Å². The van der Waals surface area contributed by atoms with Crippen molar-refractivity contribution in [1.29, 1.82) is 5.26 Å². The normalized spacial score (nSPS) is 9.18. The summed E-state index contributed by atoms with van der Waals surface area (Å²) in [4.78, 5) is 4.16. The number of nitrogens with zero attached hydrogens (tertiary/aromatic N) is 2. The summed E-state index contributed by atoms with van der Waals surface area (Å²) >= 11 is 2.14. The van der Waals surface area contributed by atoms with E-state index in [0.29, 0.717) is 6.42 Å². The van der Waals surface area contributed by atoms with Crippen LogP contribution in [0.25, 0.3) is 0 Å². The fraction of sp³-hybridized carbons (Fsp3) is 0.143. The lowest BCUT2D eigenvalue weighted by Gasteiger charge is -1.97. The number of rotatable bonds is 1. The number of hydrogen-bond acceptors (Lipinski definition) is 2. The molecule has 0 saturated heterocycles. The van der Waals surface area contributed by atoms with E-state index in [1.54, 1.807) is 0 Å². The predicted octanol–water partition coefficient (Wildman–Crippen LogP) is 1.25. The Bertz CT molecular complexity index is 286. The Hall–Kier alpha value is -0.200. The molecule has 1 unspecified atom stereocenters. The van der Waals surface area contributed by atoms with E-state index in [2.05, 4.69) is 42.9 Å². The molecule has 56 valence electrons. The molecule has 0 aliphatic carbocycles. The van der Waals surface area contributed by atoms with Gasteiger partial charge in [0.05, 0.1) is 17.9 Å². The van der Waals surface area contributed by atoms with Crippen LogP contribution in [0, 0.1) is 15.0 Å². The second-order valence-electron chi connectivity index (χ2n) is 2.06. The minimum Gasteiger partial charge on any atom is -0.243 e. The van der Waals surface area contributed by atoms with Crippen molar-refractivity contribution in [2.45, 2.75) is 6.42 Å². The highest BCUT2D eigenvalue weighted by Gasteiger charge is 1.95. The Labute approximate surface area is 81.4 Å². The molecule has 0 bridgehead atoms. The maximum Gasteiger partial charge on any atom is 0.102 e. The molecule has 1 aromatic heterocycles. The van der Waals surface area contributed by atoms with Gasteiger partial charge in [-0.05, 0) is 40.3 Å². The average molecular weight is 276 g/mol. The van der Waals surface area contributed by atoms with Gasteiger partial charge in [0.1, 0.15) is 3.70 Å². The highest BCUT2D eigenvalue weighted by Crippen LogP contribution is 2.04. The average Bonchev–Trinajstić information content (AvgIpc) is 1.85. The van der Waals surface area contributed by atoms with Crippen LogP contribution in [0.1, 0.15) is 5.56 Å². The molecule has 0 aliphatic rings. The molecule has 0 fully saturated rings. The largest absolute Gasteiger partial charge is 0.243 e. The van der Waals surface area contributed by atoms with Gasteiger partial charge in [0.15, 0.2) is 0 Å². The van der Waals surface area contributed by atoms with E-state index in [9.17, 15) is 0 Å². The molecule has 11 heavy (non-hydrogen) atoms. The van der Waals surface area contributed by atoms with Gasteiger partial charge in [-0.25, -0.2) is 4.98 Å². The van der Waals surface area contributed by atoms with E-state index in [1.165, 1.54) is 0 Å². The molecule has 1 heterocycles. The van der Waals surface area contributed by atoms with Crippen LogP contribution in [0.5, 0.6) is 0 Å². The molecular formula is C7H6IN2P. The number of pyridine rings is 1. The number of aromatic nitrogens is 1. The van der Waals surface area contributed by atoms with Crippen molar-refractivity contribution in [2.75, 3.05) is 0 Å². The minimum absolute atomic E-state index is 0.458. The van der Waals surface area contributed by atoms with Gasteiger partial charge in [-0.2, -0.15) is 5.26 Å². The number of halogens is 1. The Kier molecular flexibility index (Phi) is 3.22. The first kappa shape index (κ1) is 8.89. The van der Waals surface area contributed by atoms with Crippen molar-refractivity contribution < 1.29 is 0 Å². The second kappa shape index (κ2) is 3.99. The molecule has 1 atom stereocenters. The van der Waals surface area contributed by atoms with Gasteiger partial charge in [-0.1, -0.05) is 9.24 Å². The molecule has 0 N–H and O–H groups in total. The summed E-state index contributed by atoms with van der Waals surface area (Å²) in [5, 5.41) is 8.42. The molecule has 1 rings (SSSR count). The summed E-state index contributed by atoms with van der Waals surface area (Å²) in [6.07, 6.45) is 0.458. The maximum absolute atomic E-state index is 8.42. The number of hydrogen-bond donors (Lipinski definition) is 0. The van der Waals surface area contributed by atoms with Crippen LogP contribution in [-0.4, -0.2) is 4.98 Å². The molecule has 2 nitrogen and oxygen atoms in total. The van der Waals surface area contributed by atoms with Gasteiger partial charge >= 0.3 is 0 Å². The van der Waals surface area contributed by atoms with Crippen LogP contribution in [-0.2, 0) is 6.42 Å². The molecule has 0 aromatic carbocycles. The quantitative estimate of drug-likeness (QED) is 0.440. The summed E-state index contributed by atoms with van der Waals surface area (Å²) in [5.41, 5.74) is 1.92. The predicted molar refractivity (Wildman–Crippen MR) is 55.6 cm³/mol. The summed E-state index contributed by atoms with van der Waals surface area (Å²) in [6.45, 7) is 0. The lowest BCUT2D eigenvalue weighted by Crippen LogP contribution is -2.01. The highest BCUT2D eigenvalue weighted by atomic mass is 127. The Morgan fingerprint density at radius 2 is 2.36 bits per heavy atom. The lowest BCUT2D eigenvalue weighted by atomic mass is 10.2. The van der Waals surface area contributed by atoms with Gasteiger partial charge in [-0.15, -0.1) is 0 Å². The van der Waals surface area contributed by atoms with Gasteiger partial charge in [0.2, 0.25) is 0 Å². The van der Waals surface area contributed by atoms with E-state index < -0.39 is 0 Å². The van der Waals surface area contributed by atoms with Crippen molar-refractivity contribution in [1.82, 2.24) is 4.98 Å². The zero-order valence-corrected chi connectivity index (χ0v) is 9.02. The Morgan fingerprint density at radius 1 is 1.64 bits per heavy atom. The molecule has 0 aliphatic heterocycles. The Balaban J connectivity index is 3.01. The minimum atomic E-state index is 0.458. The summed E-state index contributed by atoms with van der Waals surface area (Å²) in [7, 11) is 2.52. The third kappa shape index (κ3) is 2.72. The van der Waals surface area contributed by atoms with Crippen LogP contribution in [0.2, 0.25) is 0 Å². The monoisotopic (exact) mass is 276 g/mol. The third-order valence-electron chi connectivity index (χ3n) is 1.16. The second-order valence-corrected chi connectivity index (χ2v) is 3.75. The first-order valence-corrected chi connectivity index (χ1v) is 4.67. The van der Waals surface area contributed by atoms with E-state index in [4.69, 9.17) is 5.26 Å². The molecule has 0 radical (unpaired) electrons. The van der Waals surface area contributed by atoms with Crippen molar-refractivity contribution in [3.63, 3.8) is 0 Å². The van der Waals surface area contributed by atoms with Crippen LogP contribution in [0.4, 0.5) is 0 Å². The van der Waals surface area contributed by atoms with Crippen LogP contribution >= 0.6 is 31.8 Å². The number of nitriles is 1. The molecule has 0 amide bonds. The zero-order valence-electron chi connectivity index (χ0n) is 5.71. The highest BCUT2D eigenvalue weighted by molar-refractivity contribution is 14.1. The van der Waals surface area contributed by atoms with Gasteiger partial charge in [0.25, 0.3) is 0 Å². The SMILES string of the molecule is N#CCc1cc(P)nc(I)c1. The van der Waals surface area contributed by atoms with Crippen LogP contribution in [0.3, 0.4) is 0 Å². The van der Waals surface area contributed by atoms with E-state index >= 15 is 0 Å². The van der Waals surface area contributed by atoms with E-state index in [-0.39, 0.29) is 0 Å². The standard InChI is InChI=1S/C7H6IN2P/c8-6-3-5(1-2-9)4-7(11)10-6/h3-4H,1,11H2. The lowest BCUT2D eigenvalue weighted by molar-refractivity contribution is 1.21. The smallest absolute Gasteiger partial charge is 0.102 e. The summed E-state index contributed by atoms with van der Waals surface area (Å²) < 4.78 is 0.931. The van der Waals surface area contributed by atoms with Crippen molar-refractivity contribution in [3.05, 3.63) is 21.4 Å². The van der Waals surface area contributed by atoms with Gasteiger partial charge < -0.3 is 0 Å². The van der Waals surface area contributed by atoms with Gasteiger partial charge in [-0.3, -0.25) is 0 Å². The molecule has 0 spiro atoms. The van der Waals surface area contributed by atoms with Gasteiger partial charge in [0, 0.05) is 0 Å². The molecule has 4 heteroatoms. The first-order chi connectivity index (χ1) is 5.22.